The normalized spacial score (nSPS) is 10.2. The monoisotopic (exact) mass is 246 g/mol. The molecule has 0 saturated heterocycles. The first-order chi connectivity index (χ1) is 7.52. The number of pyridine rings is 1. The van der Waals surface area contributed by atoms with Crippen molar-refractivity contribution in [2.45, 2.75) is 12.3 Å². The van der Waals surface area contributed by atoms with Crippen LogP contribution in [0.1, 0.15) is 33.6 Å². The molecule has 0 aliphatic heterocycles. The fraction of sp³-hybridized carbons (Fsp3) is 0.222. The number of alkyl halides is 3. The third-order valence-corrected chi connectivity index (χ3v) is 2.13. The van der Waals surface area contributed by atoms with Crippen LogP contribution in [0, 0.1) is 11.3 Å². The molecule has 0 atom stereocenters. The van der Waals surface area contributed by atoms with E-state index < -0.39 is 29.1 Å². The number of carboxylic acids is 1. The molecule has 16 heavy (non-hydrogen) atoms. The number of nitrogens with zero attached hydrogens (tertiary/aromatic N) is 2. The maximum Gasteiger partial charge on any atom is 0.337 e. The van der Waals surface area contributed by atoms with Crippen molar-refractivity contribution in [1.82, 2.24) is 4.98 Å². The van der Waals surface area contributed by atoms with Crippen molar-refractivity contribution in [3.8, 4) is 6.07 Å². The molecule has 0 radical (unpaired) electrons. The van der Waals surface area contributed by atoms with E-state index in [2.05, 4.69) is 4.98 Å². The van der Waals surface area contributed by atoms with Gasteiger partial charge < -0.3 is 5.11 Å². The summed E-state index contributed by atoms with van der Waals surface area (Å²) in [5.41, 5.74) is -2.16. The Balaban J connectivity index is 3.61. The number of carbonyl (C=O) groups is 1. The summed E-state index contributed by atoms with van der Waals surface area (Å²) in [7, 11) is 0. The quantitative estimate of drug-likeness (QED) is 0.831. The third kappa shape index (κ3) is 2.09. The maximum absolute atomic E-state index is 12.7. The van der Waals surface area contributed by atoms with Crippen LogP contribution >= 0.6 is 11.6 Å². The topological polar surface area (TPSA) is 74.0 Å². The molecule has 0 bridgehead atoms. The van der Waals surface area contributed by atoms with E-state index in [4.69, 9.17) is 22.0 Å². The minimum Gasteiger partial charge on any atom is -0.478 e. The van der Waals surface area contributed by atoms with Crippen LogP contribution in [0.15, 0.2) is 6.20 Å². The molecule has 0 fully saturated rings. The molecule has 7 heteroatoms. The summed E-state index contributed by atoms with van der Waals surface area (Å²) in [6.45, 7) is 0. The predicted molar refractivity (Wildman–Crippen MR) is 50.4 cm³/mol. The molecule has 1 aromatic rings. The molecule has 0 aliphatic carbocycles. The van der Waals surface area contributed by atoms with Crippen molar-refractivity contribution in [1.29, 1.82) is 5.26 Å². The van der Waals surface area contributed by atoms with E-state index in [9.17, 15) is 13.6 Å². The maximum atomic E-state index is 12.7. The van der Waals surface area contributed by atoms with Gasteiger partial charge in [0.15, 0.2) is 0 Å². The summed E-state index contributed by atoms with van der Waals surface area (Å²) in [6, 6.07) is 1.50. The van der Waals surface area contributed by atoms with Crippen LogP contribution in [0.2, 0.25) is 0 Å². The van der Waals surface area contributed by atoms with Crippen LogP contribution in [-0.2, 0) is 5.88 Å². The standard InChI is InChI=1S/C9H5ClF2N2O2/c10-1-5-7(8(11)12)6(9(15)16)4(2-13)3-14-5/h3,8H,1H2,(H,15,16). The summed E-state index contributed by atoms with van der Waals surface area (Å²) < 4.78 is 25.4. The van der Waals surface area contributed by atoms with Crippen LogP contribution in [0.25, 0.3) is 0 Å². The van der Waals surface area contributed by atoms with E-state index in [1.54, 1.807) is 0 Å². The van der Waals surface area contributed by atoms with Gasteiger partial charge in [-0.25, -0.2) is 13.6 Å². The van der Waals surface area contributed by atoms with E-state index in [0.717, 1.165) is 6.20 Å². The number of nitriles is 1. The van der Waals surface area contributed by atoms with Gasteiger partial charge in [-0.2, -0.15) is 5.26 Å². The highest BCUT2D eigenvalue weighted by molar-refractivity contribution is 6.17. The fourth-order valence-electron chi connectivity index (χ4n) is 1.22. The summed E-state index contributed by atoms with van der Waals surface area (Å²) in [6.07, 6.45) is -2.12. The molecule has 0 aliphatic rings. The van der Waals surface area contributed by atoms with Crippen LogP contribution in [0.5, 0.6) is 0 Å². The summed E-state index contributed by atoms with van der Waals surface area (Å²) in [4.78, 5) is 14.4. The van der Waals surface area contributed by atoms with Gasteiger partial charge in [0.2, 0.25) is 0 Å². The number of rotatable bonds is 3. The van der Waals surface area contributed by atoms with E-state index >= 15 is 0 Å². The molecule has 0 amide bonds. The second-order valence-electron chi connectivity index (χ2n) is 2.76. The largest absolute Gasteiger partial charge is 0.478 e. The molecule has 0 unspecified atom stereocenters. The number of hydrogen-bond donors (Lipinski definition) is 1. The Bertz CT molecular complexity index is 471. The lowest BCUT2D eigenvalue weighted by molar-refractivity contribution is 0.0683. The smallest absolute Gasteiger partial charge is 0.337 e. The zero-order valence-electron chi connectivity index (χ0n) is 7.75. The van der Waals surface area contributed by atoms with Gasteiger partial charge in [0, 0.05) is 6.20 Å². The number of halogens is 3. The average molecular weight is 247 g/mol. The van der Waals surface area contributed by atoms with E-state index in [-0.39, 0.29) is 11.6 Å². The zero-order valence-corrected chi connectivity index (χ0v) is 8.50. The zero-order chi connectivity index (χ0) is 12.3. The third-order valence-electron chi connectivity index (χ3n) is 1.88. The first kappa shape index (κ1) is 12.3. The minimum absolute atomic E-state index is 0.229. The second kappa shape index (κ2) is 4.86. The van der Waals surface area contributed by atoms with Crippen molar-refractivity contribution in [3.05, 3.63) is 28.6 Å². The van der Waals surface area contributed by atoms with Crippen molar-refractivity contribution in [2.75, 3.05) is 0 Å². The van der Waals surface area contributed by atoms with Crippen molar-refractivity contribution < 1.29 is 18.7 Å². The van der Waals surface area contributed by atoms with Gasteiger partial charge in [-0.1, -0.05) is 0 Å². The molecule has 1 rings (SSSR count). The Labute approximate surface area is 94.1 Å². The Morgan fingerprint density at radius 2 is 2.31 bits per heavy atom. The average Bonchev–Trinajstić information content (AvgIpc) is 2.26. The van der Waals surface area contributed by atoms with Gasteiger partial charge in [-0.05, 0) is 0 Å². The Morgan fingerprint density at radius 1 is 1.69 bits per heavy atom. The Hall–Kier alpha value is -1.74. The molecule has 84 valence electrons. The van der Waals surface area contributed by atoms with Gasteiger partial charge in [-0.15, -0.1) is 11.6 Å². The van der Waals surface area contributed by atoms with Gasteiger partial charge in [0.25, 0.3) is 6.43 Å². The molecule has 0 saturated carbocycles. The molecule has 0 spiro atoms. The second-order valence-corrected chi connectivity index (χ2v) is 3.03. The Kier molecular flexibility index (Phi) is 3.74. The highest BCUT2D eigenvalue weighted by atomic mass is 35.5. The molecule has 4 nitrogen and oxygen atoms in total. The van der Waals surface area contributed by atoms with Crippen molar-refractivity contribution >= 4 is 17.6 Å². The SMILES string of the molecule is N#Cc1cnc(CCl)c(C(F)F)c1C(=O)O. The van der Waals surface area contributed by atoms with Crippen LogP contribution < -0.4 is 0 Å². The van der Waals surface area contributed by atoms with Crippen molar-refractivity contribution in [2.24, 2.45) is 0 Å². The molecular weight excluding hydrogens is 242 g/mol. The van der Waals surface area contributed by atoms with E-state index in [1.165, 1.54) is 6.07 Å². The number of hydrogen-bond acceptors (Lipinski definition) is 3. The molecule has 0 aromatic carbocycles. The number of aromatic nitrogens is 1. The van der Waals surface area contributed by atoms with Crippen LogP contribution in [0.4, 0.5) is 8.78 Å². The lowest BCUT2D eigenvalue weighted by Gasteiger charge is -2.10. The minimum atomic E-state index is -3.04. The molecule has 1 N–H and O–H groups in total. The first-order valence-corrected chi connectivity index (χ1v) is 4.55. The summed E-state index contributed by atoms with van der Waals surface area (Å²) in [5, 5.41) is 17.4. The summed E-state index contributed by atoms with van der Waals surface area (Å²) in [5.74, 6) is -1.94. The number of aromatic carboxylic acids is 1. The summed E-state index contributed by atoms with van der Waals surface area (Å²) >= 11 is 5.38. The highest BCUT2D eigenvalue weighted by Crippen LogP contribution is 2.28. The van der Waals surface area contributed by atoms with Crippen LogP contribution in [-0.4, -0.2) is 16.1 Å². The number of carboxylic acid groups (broad SMARTS) is 1. The van der Waals surface area contributed by atoms with Crippen LogP contribution in [0.3, 0.4) is 0 Å². The molecule has 1 aromatic heterocycles. The Morgan fingerprint density at radius 3 is 2.69 bits per heavy atom. The molecular formula is C9H5ClF2N2O2. The first-order valence-electron chi connectivity index (χ1n) is 4.02. The van der Waals surface area contributed by atoms with E-state index in [0.29, 0.717) is 0 Å². The van der Waals surface area contributed by atoms with E-state index in [1.807, 2.05) is 0 Å². The fourth-order valence-corrected chi connectivity index (χ4v) is 1.44. The van der Waals surface area contributed by atoms with Gasteiger partial charge in [0.1, 0.15) is 6.07 Å². The lowest BCUT2D eigenvalue weighted by atomic mass is 10.0. The van der Waals surface area contributed by atoms with Gasteiger partial charge in [-0.3, -0.25) is 4.98 Å². The predicted octanol–water partition coefficient (Wildman–Crippen LogP) is 2.33. The lowest BCUT2D eigenvalue weighted by Crippen LogP contribution is -2.10. The van der Waals surface area contributed by atoms with Gasteiger partial charge in [0.05, 0.1) is 28.3 Å². The van der Waals surface area contributed by atoms with Crippen molar-refractivity contribution in [3.63, 3.8) is 0 Å². The van der Waals surface area contributed by atoms with Gasteiger partial charge >= 0.3 is 5.97 Å². The highest BCUT2D eigenvalue weighted by Gasteiger charge is 2.26. The molecule has 1 heterocycles.